The van der Waals surface area contributed by atoms with E-state index in [2.05, 4.69) is 5.32 Å². The summed E-state index contributed by atoms with van der Waals surface area (Å²) in [6, 6.07) is 0. The number of carbonyl (C=O) groups excluding carboxylic acids is 2. The molecule has 0 aliphatic carbocycles. The summed E-state index contributed by atoms with van der Waals surface area (Å²) >= 11 is 0. The van der Waals surface area contributed by atoms with E-state index in [1.807, 2.05) is 0 Å². The Labute approximate surface area is 106 Å². The first-order valence-corrected chi connectivity index (χ1v) is 6.27. The van der Waals surface area contributed by atoms with Crippen LogP contribution >= 0.6 is 0 Å². The number of ether oxygens (including phenoxy) is 3. The van der Waals surface area contributed by atoms with Crippen molar-refractivity contribution in [2.45, 2.75) is 32.5 Å². The van der Waals surface area contributed by atoms with Crippen LogP contribution in [0.15, 0.2) is 0 Å². The molecule has 6 nitrogen and oxygen atoms in total. The lowest BCUT2D eigenvalue weighted by Crippen LogP contribution is -2.44. The Morgan fingerprint density at radius 2 is 2.22 bits per heavy atom. The first kappa shape index (κ1) is 13.3. The van der Waals surface area contributed by atoms with Crippen molar-refractivity contribution in [1.82, 2.24) is 5.32 Å². The highest BCUT2D eigenvalue weighted by Crippen LogP contribution is 2.30. The maximum absolute atomic E-state index is 12.0. The van der Waals surface area contributed by atoms with Crippen molar-refractivity contribution in [2.75, 3.05) is 26.4 Å². The van der Waals surface area contributed by atoms with E-state index in [4.69, 9.17) is 14.2 Å². The Bertz CT molecular complexity index is 326. The van der Waals surface area contributed by atoms with Gasteiger partial charge in [0.05, 0.1) is 25.2 Å². The number of amides is 1. The number of hydrogen-bond donors (Lipinski definition) is 1. The molecule has 1 unspecified atom stereocenters. The van der Waals surface area contributed by atoms with Crippen LogP contribution in [-0.4, -0.2) is 44.5 Å². The molecule has 1 amide bonds. The van der Waals surface area contributed by atoms with Gasteiger partial charge in [-0.05, 0) is 13.3 Å². The average Bonchev–Trinajstić information content (AvgIpc) is 2.81. The summed E-state index contributed by atoms with van der Waals surface area (Å²) in [4.78, 5) is 23.3. The van der Waals surface area contributed by atoms with Gasteiger partial charge in [0, 0.05) is 19.4 Å². The van der Waals surface area contributed by atoms with Gasteiger partial charge in [0.1, 0.15) is 0 Å². The highest BCUT2D eigenvalue weighted by molar-refractivity contribution is 5.86. The molecule has 0 aromatic rings. The van der Waals surface area contributed by atoms with Crippen LogP contribution in [0.1, 0.15) is 26.2 Å². The molecule has 0 aromatic heterocycles. The van der Waals surface area contributed by atoms with Crippen LogP contribution in [-0.2, 0) is 23.8 Å². The summed E-state index contributed by atoms with van der Waals surface area (Å²) in [7, 11) is 0. The number of nitrogens with one attached hydrogen (secondary N) is 1. The lowest BCUT2D eigenvalue weighted by atomic mass is 9.81. The molecule has 2 aliphatic heterocycles. The maximum Gasteiger partial charge on any atom is 0.312 e. The largest absolute Gasteiger partial charge is 0.465 e. The third-order valence-electron chi connectivity index (χ3n) is 3.32. The number of piperidine rings is 1. The minimum atomic E-state index is -0.695. The van der Waals surface area contributed by atoms with Crippen LogP contribution in [0, 0.1) is 5.41 Å². The fourth-order valence-corrected chi connectivity index (χ4v) is 2.15. The molecule has 0 radical (unpaired) electrons. The molecule has 0 aromatic carbocycles. The average molecular weight is 257 g/mol. The Hall–Kier alpha value is -1.14. The quantitative estimate of drug-likeness (QED) is 0.729. The zero-order chi connectivity index (χ0) is 13.0. The molecule has 2 heterocycles. The minimum Gasteiger partial charge on any atom is -0.465 e. The van der Waals surface area contributed by atoms with Gasteiger partial charge >= 0.3 is 5.97 Å². The molecule has 102 valence electrons. The predicted molar refractivity (Wildman–Crippen MR) is 61.6 cm³/mol. The zero-order valence-electron chi connectivity index (χ0n) is 10.6. The van der Waals surface area contributed by atoms with E-state index in [1.54, 1.807) is 6.92 Å². The SMILES string of the molecule is CC1(C(=O)OCCC2OCCO2)CCNC(=O)C1. The Morgan fingerprint density at radius 1 is 1.50 bits per heavy atom. The fraction of sp³-hybridized carbons (Fsp3) is 0.833. The van der Waals surface area contributed by atoms with Gasteiger partial charge in [0.15, 0.2) is 6.29 Å². The van der Waals surface area contributed by atoms with Crippen LogP contribution in [0.5, 0.6) is 0 Å². The standard InChI is InChI=1S/C12H19NO5/c1-12(3-4-13-9(14)8-12)11(15)18-5-2-10-16-6-7-17-10/h10H,2-8H2,1H3,(H,13,14). The predicted octanol–water partition coefficient (Wildman–Crippen LogP) is 0.209. The van der Waals surface area contributed by atoms with Crippen LogP contribution in [0.3, 0.4) is 0 Å². The monoisotopic (exact) mass is 257 g/mol. The molecular formula is C12H19NO5. The van der Waals surface area contributed by atoms with Gasteiger partial charge in [-0.1, -0.05) is 0 Å². The summed E-state index contributed by atoms with van der Waals surface area (Å²) in [6.07, 6.45) is 1.09. The van der Waals surface area contributed by atoms with E-state index in [1.165, 1.54) is 0 Å². The van der Waals surface area contributed by atoms with E-state index in [0.29, 0.717) is 32.6 Å². The molecular weight excluding hydrogens is 238 g/mol. The van der Waals surface area contributed by atoms with Crippen LogP contribution < -0.4 is 5.32 Å². The molecule has 1 N–H and O–H groups in total. The first-order chi connectivity index (χ1) is 8.60. The van der Waals surface area contributed by atoms with E-state index in [9.17, 15) is 9.59 Å². The van der Waals surface area contributed by atoms with Gasteiger partial charge in [-0.25, -0.2) is 0 Å². The van der Waals surface area contributed by atoms with E-state index >= 15 is 0 Å². The van der Waals surface area contributed by atoms with E-state index in [0.717, 1.165) is 0 Å². The Morgan fingerprint density at radius 3 is 2.89 bits per heavy atom. The number of carbonyl (C=O) groups is 2. The molecule has 2 saturated heterocycles. The lowest BCUT2D eigenvalue weighted by Gasteiger charge is -2.30. The molecule has 1 atom stereocenters. The molecule has 0 bridgehead atoms. The lowest BCUT2D eigenvalue weighted by molar-refractivity contribution is -0.161. The summed E-state index contributed by atoms with van der Waals surface area (Å²) in [5.74, 6) is -0.404. The van der Waals surface area contributed by atoms with Gasteiger partial charge in [-0.15, -0.1) is 0 Å². The highest BCUT2D eigenvalue weighted by Gasteiger charge is 2.39. The van der Waals surface area contributed by atoms with Crippen molar-refractivity contribution in [3.63, 3.8) is 0 Å². The van der Waals surface area contributed by atoms with Crippen LogP contribution in [0.25, 0.3) is 0 Å². The fourth-order valence-electron chi connectivity index (χ4n) is 2.15. The smallest absolute Gasteiger partial charge is 0.312 e. The van der Waals surface area contributed by atoms with Gasteiger partial charge in [0.25, 0.3) is 0 Å². The number of esters is 1. The molecule has 2 aliphatic rings. The van der Waals surface area contributed by atoms with Crippen molar-refractivity contribution in [3.8, 4) is 0 Å². The first-order valence-electron chi connectivity index (χ1n) is 6.27. The second-order valence-corrected chi connectivity index (χ2v) is 4.93. The number of rotatable bonds is 4. The third kappa shape index (κ3) is 3.20. The van der Waals surface area contributed by atoms with E-state index < -0.39 is 5.41 Å². The third-order valence-corrected chi connectivity index (χ3v) is 3.32. The molecule has 6 heteroatoms. The van der Waals surface area contributed by atoms with Gasteiger partial charge in [-0.2, -0.15) is 0 Å². The molecule has 0 spiro atoms. The van der Waals surface area contributed by atoms with E-state index in [-0.39, 0.29) is 31.2 Å². The van der Waals surface area contributed by atoms with Gasteiger partial charge < -0.3 is 19.5 Å². The summed E-state index contributed by atoms with van der Waals surface area (Å²) in [5.41, 5.74) is -0.695. The second kappa shape index (κ2) is 5.67. The van der Waals surface area contributed by atoms with Crippen molar-refractivity contribution in [3.05, 3.63) is 0 Å². The summed E-state index contributed by atoms with van der Waals surface area (Å²) < 4.78 is 15.7. The van der Waals surface area contributed by atoms with Crippen molar-refractivity contribution >= 4 is 11.9 Å². The minimum absolute atomic E-state index is 0.0943. The summed E-state index contributed by atoms with van der Waals surface area (Å²) in [6.45, 7) is 3.75. The van der Waals surface area contributed by atoms with Crippen molar-refractivity contribution < 1.29 is 23.8 Å². The topological polar surface area (TPSA) is 73.9 Å². The Kier molecular flexibility index (Phi) is 4.19. The molecule has 2 fully saturated rings. The van der Waals surface area contributed by atoms with Crippen LogP contribution in [0.4, 0.5) is 0 Å². The highest BCUT2D eigenvalue weighted by atomic mass is 16.7. The van der Waals surface area contributed by atoms with Gasteiger partial charge in [0.2, 0.25) is 5.91 Å². The van der Waals surface area contributed by atoms with Crippen LogP contribution in [0.2, 0.25) is 0 Å². The second-order valence-electron chi connectivity index (χ2n) is 4.93. The molecule has 18 heavy (non-hydrogen) atoms. The maximum atomic E-state index is 12.0. The molecule has 0 saturated carbocycles. The Balaban J connectivity index is 1.74. The normalized spacial score (nSPS) is 29.1. The number of hydrogen-bond acceptors (Lipinski definition) is 5. The molecule has 2 rings (SSSR count). The summed E-state index contributed by atoms with van der Waals surface area (Å²) in [5, 5.41) is 2.71. The van der Waals surface area contributed by atoms with Crippen molar-refractivity contribution in [2.24, 2.45) is 5.41 Å². The van der Waals surface area contributed by atoms with Crippen molar-refractivity contribution in [1.29, 1.82) is 0 Å². The van der Waals surface area contributed by atoms with Gasteiger partial charge in [-0.3, -0.25) is 9.59 Å². The zero-order valence-corrected chi connectivity index (χ0v) is 10.6.